The van der Waals surface area contributed by atoms with Crippen LogP contribution in [0.3, 0.4) is 0 Å². The van der Waals surface area contributed by atoms with Crippen LogP contribution < -0.4 is 19.1 Å². The Morgan fingerprint density at radius 1 is 1.11 bits per heavy atom. The Kier molecular flexibility index (Phi) is 6.26. The van der Waals surface area contributed by atoms with Crippen molar-refractivity contribution in [3.8, 4) is 11.5 Å². The lowest BCUT2D eigenvalue weighted by Gasteiger charge is -2.19. The first kappa shape index (κ1) is 24.2. The average Bonchev–Trinajstić information content (AvgIpc) is 3.24. The minimum Gasteiger partial charge on any atom is -0.495 e. The second kappa shape index (κ2) is 9.04. The molecule has 1 heterocycles. The van der Waals surface area contributed by atoms with Crippen molar-refractivity contribution < 1.29 is 41.4 Å². The van der Waals surface area contributed by atoms with Crippen LogP contribution in [-0.2, 0) is 10.0 Å². The molecule has 0 unspecified atom stereocenters. The number of nitrogens with zero attached hydrogens (tertiary/aromatic N) is 1. The van der Waals surface area contributed by atoms with Crippen LogP contribution in [-0.4, -0.2) is 39.2 Å². The number of carboxylic acid groups (broad SMARTS) is 1. The summed E-state index contributed by atoms with van der Waals surface area (Å²) in [6, 6.07) is 8.76. The van der Waals surface area contributed by atoms with Gasteiger partial charge in [0.1, 0.15) is 22.1 Å². The summed E-state index contributed by atoms with van der Waals surface area (Å²) in [5.74, 6) is -4.88. The Balaban J connectivity index is 1.69. The van der Waals surface area contributed by atoms with Crippen molar-refractivity contribution in [1.29, 1.82) is 0 Å². The van der Waals surface area contributed by atoms with Crippen LogP contribution in [0.4, 0.5) is 20.2 Å². The highest BCUT2D eigenvalue weighted by molar-refractivity contribution is 7.93. The first-order chi connectivity index (χ1) is 16.5. The summed E-state index contributed by atoms with van der Waals surface area (Å²) < 4.78 is 66.4. The fourth-order valence-corrected chi connectivity index (χ4v) is 5.11. The van der Waals surface area contributed by atoms with Crippen molar-refractivity contribution in [1.82, 2.24) is 0 Å². The summed E-state index contributed by atoms with van der Waals surface area (Å²) >= 11 is 5.95. The Bertz CT molecular complexity index is 1480. The van der Waals surface area contributed by atoms with Crippen LogP contribution >= 0.6 is 11.6 Å². The van der Waals surface area contributed by atoms with Gasteiger partial charge < -0.3 is 19.9 Å². The molecular formula is C22H15ClF2N2O7S. The molecule has 1 aliphatic heterocycles. The zero-order valence-corrected chi connectivity index (χ0v) is 19.3. The number of hydrogen-bond donors (Lipinski definition) is 2. The van der Waals surface area contributed by atoms with Crippen LogP contribution in [0.1, 0.15) is 20.7 Å². The highest BCUT2D eigenvalue weighted by Crippen LogP contribution is 2.42. The molecule has 2 N–H and O–H groups in total. The van der Waals surface area contributed by atoms with Crippen LogP contribution in [0.25, 0.3) is 0 Å². The topological polar surface area (TPSA) is 122 Å². The molecular weight excluding hydrogens is 510 g/mol. The number of ether oxygens (including phenoxy) is 2. The molecule has 3 aromatic carbocycles. The highest BCUT2D eigenvalue weighted by Gasteiger charge is 2.37. The third-order valence-corrected chi connectivity index (χ3v) is 7.02. The lowest BCUT2D eigenvalue weighted by molar-refractivity contribution is 0.0691. The Morgan fingerprint density at radius 3 is 2.51 bits per heavy atom. The third-order valence-electron chi connectivity index (χ3n) is 5.03. The van der Waals surface area contributed by atoms with E-state index in [0.717, 1.165) is 40.7 Å². The standard InChI is InChI=1S/C22H15ClF2N2O7S/c1-33-18-5-2-12(23)8-19(18)35(31,32)27-10-34-20-16(25)6-11(7-17(20)27)21(28)26-13-3-4-14(22(29)30)15(24)9-13/h2-9H,10H2,1H3,(H,26,28)(H,29,30). The van der Waals surface area contributed by atoms with Crippen LogP contribution in [0.2, 0.25) is 5.02 Å². The Morgan fingerprint density at radius 2 is 1.86 bits per heavy atom. The second-order valence-electron chi connectivity index (χ2n) is 7.18. The van der Waals surface area contributed by atoms with Crippen molar-refractivity contribution >= 4 is 44.9 Å². The van der Waals surface area contributed by atoms with Gasteiger partial charge in [-0.1, -0.05) is 11.6 Å². The lowest BCUT2D eigenvalue weighted by atomic mass is 10.1. The van der Waals surface area contributed by atoms with Gasteiger partial charge in [-0.15, -0.1) is 0 Å². The molecule has 1 amide bonds. The van der Waals surface area contributed by atoms with E-state index in [2.05, 4.69) is 5.32 Å². The number of sulfonamides is 1. The number of carboxylic acids is 1. The molecule has 0 atom stereocenters. The van der Waals surface area contributed by atoms with Crippen molar-refractivity contribution in [2.45, 2.75) is 4.90 Å². The van der Waals surface area contributed by atoms with E-state index in [0.29, 0.717) is 0 Å². The van der Waals surface area contributed by atoms with Crippen molar-refractivity contribution in [2.24, 2.45) is 0 Å². The first-order valence-electron chi connectivity index (χ1n) is 9.69. The number of rotatable bonds is 6. The van der Waals surface area contributed by atoms with Crippen molar-refractivity contribution in [2.75, 3.05) is 23.5 Å². The second-order valence-corrected chi connectivity index (χ2v) is 9.45. The van der Waals surface area contributed by atoms with Gasteiger partial charge in [-0.2, -0.15) is 0 Å². The number of hydrogen-bond acceptors (Lipinski definition) is 6. The van der Waals surface area contributed by atoms with E-state index in [1.54, 1.807) is 0 Å². The molecule has 3 aromatic rings. The summed E-state index contributed by atoms with van der Waals surface area (Å²) in [5, 5.41) is 11.3. The molecule has 0 aliphatic carbocycles. The molecule has 1 aliphatic rings. The number of anilines is 2. The van der Waals surface area contributed by atoms with E-state index in [9.17, 15) is 26.8 Å². The number of methoxy groups -OCH3 is 1. The van der Waals surface area contributed by atoms with Gasteiger partial charge in [0.05, 0.1) is 12.7 Å². The maximum Gasteiger partial charge on any atom is 0.338 e. The van der Waals surface area contributed by atoms with Gasteiger partial charge in [0.15, 0.2) is 18.3 Å². The van der Waals surface area contributed by atoms with Crippen molar-refractivity contribution in [3.63, 3.8) is 0 Å². The monoisotopic (exact) mass is 524 g/mol. The maximum absolute atomic E-state index is 14.7. The quantitative estimate of drug-likeness (QED) is 0.497. The summed E-state index contributed by atoms with van der Waals surface area (Å²) in [4.78, 5) is 23.4. The number of nitrogens with one attached hydrogen (secondary N) is 1. The zero-order valence-electron chi connectivity index (χ0n) is 17.7. The summed E-state index contributed by atoms with van der Waals surface area (Å²) in [6.07, 6.45) is 0. The van der Waals surface area contributed by atoms with Gasteiger partial charge in [0.2, 0.25) is 0 Å². The van der Waals surface area contributed by atoms with E-state index in [4.69, 9.17) is 26.2 Å². The highest BCUT2D eigenvalue weighted by atomic mass is 35.5. The van der Waals surface area contributed by atoms with Crippen molar-refractivity contribution in [3.05, 3.63) is 76.3 Å². The van der Waals surface area contributed by atoms with E-state index in [1.165, 1.54) is 19.2 Å². The number of aromatic carboxylic acids is 1. The summed E-state index contributed by atoms with van der Waals surface area (Å²) in [7, 11) is -3.09. The zero-order chi connectivity index (χ0) is 25.5. The van der Waals surface area contributed by atoms with Gasteiger partial charge in [0, 0.05) is 16.3 Å². The molecule has 0 spiro atoms. The Hall–Kier alpha value is -3.90. The van der Waals surface area contributed by atoms with E-state index < -0.39 is 45.8 Å². The predicted molar refractivity (Wildman–Crippen MR) is 121 cm³/mol. The molecule has 35 heavy (non-hydrogen) atoms. The molecule has 4 rings (SSSR count). The van der Waals surface area contributed by atoms with E-state index in [-0.39, 0.29) is 38.4 Å². The van der Waals surface area contributed by atoms with Crippen LogP contribution in [0.5, 0.6) is 11.5 Å². The minimum absolute atomic E-state index is 0.0101. The molecule has 9 nitrogen and oxygen atoms in total. The first-order valence-corrected chi connectivity index (χ1v) is 11.5. The predicted octanol–water partition coefficient (Wildman–Crippen LogP) is 4.12. The number of benzene rings is 3. The fourth-order valence-electron chi connectivity index (χ4n) is 3.37. The maximum atomic E-state index is 14.7. The van der Waals surface area contributed by atoms with Gasteiger partial charge in [-0.25, -0.2) is 26.3 Å². The summed E-state index contributed by atoms with van der Waals surface area (Å²) in [6.45, 7) is -0.572. The van der Waals surface area contributed by atoms with Crippen LogP contribution in [0, 0.1) is 11.6 Å². The van der Waals surface area contributed by atoms with Gasteiger partial charge in [-0.05, 0) is 48.5 Å². The number of fused-ring (bicyclic) bond motifs is 1. The molecule has 13 heteroatoms. The minimum atomic E-state index is -4.36. The Labute approximate surface area is 202 Å². The average molecular weight is 525 g/mol. The third kappa shape index (κ3) is 4.45. The number of halogens is 3. The summed E-state index contributed by atoms with van der Waals surface area (Å²) in [5.41, 5.74) is -1.24. The molecule has 0 bridgehead atoms. The SMILES string of the molecule is COc1ccc(Cl)cc1S(=O)(=O)N1COc2c(F)cc(C(=O)Nc3ccc(C(=O)O)c(F)c3)cc21. The van der Waals surface area contributed by atoms with Gasteiger partial charge >= 0.3 is 5.97 Å². The molecule has 0 saturated heterocycles. The fraction of sp³-hybridized carbons (Fsp3) is 0.0909. The van der Waals surface area contributed by atoms with Gasteiger partial charge in [0.25, 0.3) is 15.9 Å². The van der Waals surface area contributed by atoms with E-state index in [1.807, 2.05) is 0 Å². The van der Waals surface area contributed by atoms with E-state index >= 15 is 0 Å². The molecule has 0 saturated carbocycles. The normalized spacial score (nSPS) is 12.6. The molecule has 0 radical (unpaired) electrons. The number of amides is 1. The smallest absolute Gasteiger partial charge is 0.338 e. The lowest BCUT2D eigenvalue weighted by Crippen LogP contribution is -2.30. The molecule has 0 aromatic heterocycles. The number of carbonyl (C=O) groups excluding carboxylic acids is 1. The molecule has 0 fully saturated rings. The van der Waals surface area contributed by atoms with Crippen LogP contribution in [0.15, 0.2) is 53.4 Å². The van der Waals surface area contributed by atoms with Gasteiger partial charge in [-0.3, -0.25) is 4.79 Å². The molecule has 182 valence electrons. The largest absolute Gasteiger partial charge is 0.495 e. The number of carbonyl (C=O) groups is 2.